The molecular formula is C16H20N4O. The summed E-state index contributed by atoms with van der Waals surface area (Å²) in [4.78, 5) is 18.0. The van der Waals surface area contributed by atoms with Crippen LogP contribution in [0.5, 0.6) is 0 Å². The lowest BCUT2D eigenvalue weighted by Gasteiger charge is -2.39. The Morgan fingerprint density at radius 2 is 2.14 bits per heavy atom. The van der Waals surface area contributed by atoms with E-state index in [9.17, 15) is 4.79 Å². The van der Waals surface area contributed by atoms with Crippen molar-refractivity contribution in [1.82, 2.24) is 4.98 Å². The molecule has 1 saturated heterocycles. The van der Waals surface area contributed by atoms with Crippen molar-refractivity contribution in [3.05, 3.63) is 30.5 Å². The minimum atomic E-state index is -0.229. The number of benzene rings is 1. The van der Waals surface area contributed by atoms with Crippen molar-refractivity contribution >= 4 is 28.2 Å². The molecule has 21 heavy (non-hydrogen) atoms. The van der Waals surface area contributed by atoms with Crippen LogP contribution < -0.4 is 16.4 Å². The first-order valence-electron chi connectivity index (χ1n) is 7.27. The summed E-state index contributed by atoms with van der Waals surface area (Å²) in [7, 11) is 0. The van der Waals surface area contributed by atoms with Crippen LogP contribution in [0.15, 0.2) is 30.5 Å². The zero-order valence-corrected chi connectivity index (χ0v) is 12.1. The van der Waals surface area contributed by atoms with Gasteiger partial charge in [-0.25, -0.2) is 0 Å². The van der Waals surface area contributed by atoms with Gasteiger partial charge in [0.25, 0.3) is 0 Å². The lowest BCUT2D eigenvalue weighted by molar-refractivity contribution is -0.122. The van der Waals surface area contributed by atoms with Gasteiger partial charge in [-0.1, -0.05) is 0 Å². The number of carbonyl (C=O) groups excluding carboxylic acids is 1. The molecule has 5 nitrogen and oxygen atoms in total. The molecule has 1 aromatic carbocycles. The fourth-order valence-corrected chi connectivity index (χ4v) is 3.09. The predicted molar refractivity (Wildman–Crippen MR) is 84.9 cm³/mol. The van der Waals surface area contributed by atoms with Crippen LogP contribution in [0.2, 0.25) is 0 Å². The highest BCUT2D eigenvalue weighted by molar-refractivity contribution is 5.97. The van der Waals surface area contributed by atoms with E-state index in [0.717, 1.165) is 35.1 Å². The zero-order chi connectivity index (χ0) is 15.0. The molecule has 1 aromatic heterocycles. The maximum Gasteiger partial charge on any atom is 0.222 e. The second kappa shape index (κ2) is 5.24. The Bertz CT molecular complexity index is 685. The van der Waals surface area contributed by atoms with E-state index in [0.29, 0.717) is 12.6 Å². The van der Waals surface area contributed by atoms with E-state index in [-0.39, 0.29) is 11.8 Å². The van der Waals surface area contributed by atoms with Gasteiger partial charge in [-0.05, 0) is 44.0 Å². The molecule has 0 aliphatic carbocycles. The summed E-state index contributed by atoms with van der Waals surface area (Å²) in [5.74, 6) is -0.335. The van der Waals surface area contributed by atoms with Crippen LogP contribution in [0.3, 0.4) is 0 Å². The summed E-state index contributed by atoms with van der Waals surface area (Å²) < 4.78 is 0. The van der Waals surface area contributed by atoms with E-state index in [2.05, 4.69) is 16.8 Å². The van der Waals surface area contributed by atoms with Crippen molar-refractivity contribution in [3.8, 4) is 0 Å². The number of nitrogen functional groups attached to an aromatic ring is 1. The summed E-state index contributed by atoms with van der Waals surface area (Å²) in [6.45, 7) is 2.79. The molecule has 5 heteroatoms. The van der Waals surface area contributed by atoms with E-state index in [4.69, 9.17) is 11.5 Å². The number of carbonyl (C=O) groups is 1. The number of nitrogens with zero attached hydrogens (tertiary/aromatic N) is 2. The number of piperidine rings is 1. The van der Waals surface area contributed by atoms with Crippen LogP contribution in [-0.4, -0.2) is 23.5 Å². The molecule has 110 valence electrons. The van der Waals surface area contributed by atoms with Crippen LogP contribution in [0.1, 0.15) is 19.8 Å². The SMILES string of the molecule is CC1CCC(C(N)=O)CN1c1ccc2ncccc2c1N. The van der Waals surface area contributed by atoms with Gasteiger partial charge in [0.15, 0.2) is 0 Å². The fourth-order valence-electron chi connectivity index (χ4n) is 3.09. The number of amides is 1. The monoisotopic (exact) mass is 284 g/mol. The van der Waals surface area contributed by atoms with Crippen molar-refractivity contribution in [3.63, 3.8) is 0 Å². The van der Waals surface area contributed by atoms with Crippen LogP contribution in [0.4, 0.5) is 11.4 Å². The van der Waals surface area contributed by atoms with Gasteiger partial charge < -0.3 is 16.4 Å². The molecule has 1 aliphatic heterocycles. The molecule has 0 saturated carbocycles. The van der Waals surface area contributed by atoms with E-state index in [1.165, 1.54) is 0 Å². The highest BCUT2D eigenvalue weighted by Crippen LogP contribution is 2.35. The van der Waals surface area contributed by atoms with Gasteiger partial charge in [0.2, 0.25) is 5.91 Å². The van der Waals surface area contributed by atoms with Crippen molar-refractivity contribution in [2.75, 3.05) is 17.2 Å². The first-order valence-corrected chi connectivity index (χ1v) is 7.27. The van der Waals surface area contributed by atoms with Crippen molar-refractivity contribution in [2.24, 2.45) is 11.7 Å². The van der Waals surface area contributed by atoms with Crippen molar-refractivity contribution in [1.29, 1.82) is 0 Å². The van der Waals surface area contributed by atoms with Gasteiger partial charge in [0.05, 0.1) is 22.8 Å². The number of pyridine rings is 1. The van der Waals surface area contributed by atoms with Gasteiger partial charge in [0, 0.05) is 24.2 Å². The number of rotatable bonds is 2. The predicted octanol–water partition coefficient (Wildman–Crippen LogP) is 1.91. The quantitative estimate of drug-likeness (QED) is 0.825. The Kier molecular flexibility index (Phi) is 3.41. The van der Waals surface area contributed by atoms with Crippen LogP contribution in [0.25, 0.3) is 10.9 Å². The van der Waals surface area contributed by atoms with Gasteiger partial charge in [0.1, 0.15) is 0 Å². The highest BCUT2D eigenvalue weighted by atomic mass is 16.1. The third kappa shape index (κ3) is 2.39. The van der Waals surface area contributed by atoms with E-state index >= 15 is 0 Å². The summed E-state index contributed by atoms with van der Waals surface area (Å²) in [6.07, 6.45) is 3.55. The zero-order valence-electron chi connectivity index (χ0n) is 12.1. The number of anilines is 2. The third-order valence-corrected chi connectivity index (χ3v) is 4.40. The lowest BCUT2D eigenvalue weighted by Crippen LogP contribution is -2.46. The van der Waals surface area contributed by atoms with Crippen molar-refractivity contribution in [2.45, 2.75) is 25.8 Å². The van der Waals surface area contributed by atoms with Crippen molar-refractivity contribution < 1.29 is 4.79 Å². The Balaban J connectivity index is 2.02. The summed E-state index contributed by atoms with van der Waals surface area (Å²) in [5, 5.41) is 0.948. The first kappa shape index (κ1) is 13.7. The molecule has 4 N–H and O–H groups in total. The largest absolute Gasteiger partial charge is 0.396 e. The number of aromatic nitrogens is 1. The molecule has 2 unspecified atom stereocenters. The molecule has 0 spiro atoms. The number of primary amides is 1. The highest BCUT2D eigenvalue weighted by Gasteiger charge is 2.29. The Morgan fingerprint density at radius 1 is 1.33 bits per heavy atom. The number of hydrogen-bond acceptors (Lipinski definition) is 4. The second-order valence-corrected chi connectivity index (χ2v) is 5.75. The first-order chi connectivity index (χ1) is 10.1. The Hall–Kier alpha value is -2.30. The Morgan fingerprint density at radius 3 is 2.90 bits per heavy atom. The van der Waals surface area contributed by atoms with E-state index in [1.807, 2.05) is 24.3 Å². The second-order valence-electron chi connectivity index (χ2n) is 5.75. The third-order valence-electron chi connectivity index (χ3n) is 4.40. The van der Waals surface area contributed by atoms with Gasteiger partial charge in [-0.3, -0.25) is 9.78 Å². The maximum atomic E-state index is 11.5. The summed E-state index contributed by atoms with van der Waals surface area (Å²) >= 11 is 0. The number of fused-ring (bicyclic) bond motifs is 1. The molecule has 2 heterocycles. The molecule has 2 aromatic rings. The van der Waals surface area contributed by atoms with E-state index < -0.39 is 0 Å². The van der Waals surface area contributed by atoms with E-state index in [1.54, 1.807) is 6.20 Å². The summed E-state index contributed by atoms with van der Waals surface area (Å²) in [6, 6.07) is 8.17. The summed E-state index contributed by atoms with van der Waals surface area (Å²) in [5.41, 5.74) is 14.4. The molecule has 0 bridgehead atoms. The molecule has 1 amide bonds. The van der Waals surface area contributed by atoms with Crippen LogP contribution in [0, 0.1) is 5.92 Å². The molecule has 1 aliphatic rings. The molecule has 1 fully saturated rings. The van der Waals surface area contributed by atoms with Crippen LogP contribution >= 0.6 is 0 Å². The number of hydrogen-bond donors (Lipinski definition) is 2. The van der Waals surface area contributed by atoms with Gasteiger partial charge in [-0.15, -0.1) is 0 Å². The van der Waals surface area contributed by atoms with Crippen LogP contribution in [-0.2, 0) is 4.79 Å². The molecule has 3 rings (SSSR count). The Labute approximate surface area is 123 Å². The topological polar surface area (TPSA) is 85.2 Å². The minimum absolute atomic E-state index is 0.106. The fraction of sp³-hybridized carbons (Fsp3) is 0.375. The standard InChI is InChI=1S/C16H20N4O/c1-10-4-5-11(16(18)21)9-20(10)14-7-6-13-12(15(14)17)3-2-8-19-13/h2-3,6-8,10-11H,4-5,9,17H2,1H3,(H2,18,21). The molecule has 2 atom stereocenters. The maximum absolute atomic E-state index is 11.5. The lowest BCUT2D eigenvalue weighted by atomic mass is 9.92. The van der Waals surface area contributed by atoms with Gasteiger partial charge in [-0.2, -0.15) is 0 Å². The molecular weight excluding hydrogens is 264 g/mol. The number of nitrogens with two attached hydrogens (primary N) is 2. The average Bonchev–Trinajstić information content (AvgIpc) is 2.49. The normalized spacial score (nSPS) is 22.4. The smallest absolute Gasteiger partial charge is 0.222 e. The average molecular weight is 284 g/mol. The molecule has 0 radical (unpaired) electrons. The minimum Gasteiger partial charge on any atom is -0.396 e. The van der Waals surface area contributed by atoms with Gasteiger partial charge >= 0.3 is 0 Å².